The van der Waals surface area contributed by atoms with Gasteiger partial charge in [-0.1, -0.05) is 0 Å². The number of hydrogen-bond acceptors (Lipinski definition) is 2. The molecule has 0 saturated heterocycles. The molecule has 2 rings (SSSR count). The van der Waals surface area contributed by atoms with Gasteiger partial charge in [0.2, 0.25) is 0 Å². The van der Waals surface area contributed by atoms with Crippen molar-refractivity contribution in [2.24, 2.45) is 0 Å². The Balaban J connectivity index is 2.02. The third kappa shape index (κ3) is 3.29. The summed E-state index contributed by atoms with van der Waals surface area (Å²) < 4.78 is 2.71. The van der Waals surface area contributed by atoms with Gasteiger partial charge >= 0.3 is 107 Å². The number of rotatable bonds is 3. The van der Waals surface area contributed by atoms with E-state index in [4.69, 9.17) is 11.5 Å². The molecule has 2 aromatic rings. The summed E-state index contributed by atoms with van der Waals surface area (Å²) in [6.07, 6.45) is 0. The predicted molar refractivity (Wildman–Crippen MR) is 72.5 cm³/mol. The van der Waals surface area contributed by atoms with Crippen molar-refractivity contribution in [3.05, 3.63) is 48.5 Å². The minimum atomic E-state index is 0.482. The van der Waals surface area contributed by atoms with Gasteiger partial charge in [-0.2, -0.15) is 0 Å². The van der Waals surface area contributed by atoms with E-state index in [0.29, 0.717) is 26.3 Å². The molecule has 4 heteroatoms. The van der Waals surface area contributed by atoms with E-state index in [0.717, 1.165) is 11.4 Å². The first kappa shape index (κ1) is 11.6. The van der Waals surface area contributed by atoms with Gasteiger partial charge in [0.25, 0.3) is 0 Å². The molecule has 0 spiro atoms. The molecule has 0 fully saturated rings. The van der Waals surface area contributed by atoms with Gasteiger partial charge in [-0.25, -0.2) is 0 Å². The van der Waals surface area contributed by atoms with Crippen molar-refractivity contribution in [1.29, 1.82) is 0 Å². The van der Waals surface area contributed by atoms with Crippen molar-refractivity contribution < 1.29 is 0 Å². The average molecular weight is 342 g/mol. The van der Waals surface area contributed by atoms with Crippen molar-refractivity contribution in [2.45, 2.75) is 0 Å². The number of nitrogens with two attached hydrogens (primary N) is 2. The van der Waals surface area contributed by atoms with E-state index in [1.807, 2.05) is 24.3 Å². The maximum absolute atomic E-state index is 5.75. The van der Waals surface area contributed by atoms with Crippen molar-refractivity contribution in [3.63, 3.8) is 0 Å². The van der Waals surface area contributed by atoms with Crippen molar-refractivity contribution in [2.75, 3.05) is 11.5 Å². The minimum absolute atomic E-state index is 0.482. The summed E-state index contributed by atoms with van der Waals surface area (Å²) >= 11 is 0.965. The SMILES string of the molecule is Nc1cccc([Se][Se]c2cccc(N)c2)c1. The molecule has 4 N–H and O–H groups in total. The summed E-state index contributed by atoms with van der Waals surface area (Å²) in [5.41, 5.74) is 13.2. The van der Waals surface area contributed by atoms with Crippen LogP contribution in [-0.4, -0.2) is 26.3 Å². The Bertz CT molecular complexity index is 440. The molecule has 2 nitrogen and oxygen atoms in total. The maximum atomic E-state index is 5.75. The molecule has 0 aromatic heterocycles. The molecule has 0 saturated carbocycles. The predicted octanol–water partition coefficient (Wildman–Crippen LogP) is 0.125. The third-order valence-electron chi connectivity index (χ3n) is 1.95. The molecular weight excluding hydrogens is 330 g/mol. The van der Waals surface area contributed by atoms with Crippen LogP contribution in [0.5, 0.6) is 0 Å². The van der Waals surface area contributed by atoms with Gasteiger partial charge in [0, 0.05) is 0 Å². The van der Waals surface area contributed by atoms with E-state index >= 15 is 0 Å². The van der Waals surface area contributed by atoms with Gasteiger partial charge in [0.05, 0.1) is 0 Å². The Kier molecular flexibility index (Phi) is 3.92. The number of anilines is 2. The van der Waals surface area contributed by atoms with Crippen molar-refractivity contribution in [3.8, 4) is 0 Å². The second kappa shape index (κ2) is 5.42. The van der Waals surface area contributed by atoms with Crippen LogP contribution in [-0.2, 0) is 0 Å². The summed E-state index contributed by atoms with van der Waals surface area (Å²) in [5, 5.41) is 0. The third-order valence-corrected chi connectivity index (χ3v) is 9.10. The zero-order chi connectivity index (χ0) is 11.4. The van der Waals surface area contributed by atoms with Gasteiger partial charge in [0.15, 0.2) is 0 Å². The molecule has 0 bridgehead atoms. The summed E-state index contributed by atoms with van der Waals surface area (Å²) in [5.74, 6) is 0. The Morgan fingerprint density at radius 3 is 1.50 bits per heavy atom. The first-order valence-electron chi connectivity index (χ1n) is 4.79. The van der Waals surface area contributed by atoms with Crippen LogP contribution in [0.2, 0.25) is 0 Å². The normalized spacial score (nSPS) is 10.2. The fourth-order valence-corrected chi connectivity index (χ4v) is 7.33. The van der Waals surface area contributed by atoms with Crippen LogP contribution >= 0.6 is 0 Å². The summed E-state index contributed by atoms with van der Waals surface area (Å²) in [6, 6.07) is 16.3. The molecule has 82 valence electrons. The quantitative estimate of drug-likeness (QED) is 0.615. The van der Waals surface area contributed by atoms with Gasteiger partial charge in [-0.05, 0) is 0 Å². The van der Waals surface area contributed by atoms with E-state index in [1.54, 1.807) is 0 Å². The topological polar surface area (TPSA) is 52.0 Å². The van der Waals surface area contributed by atoms with Gasteiger partial charge < -0.3 is 0 Å². The van der Waals surface area contributed by atoms with Crippen LogP contribution in [0.15, 0.2) is 48.5 Å². The summed E-state index contributed by atoms with van der Waals surface area (Å²) in [4.78, 5) is 0. The van der Waals surface area contributed by atoms with Gasteiger partial charge in [0.1, 0.15) is 0 Å². The number of nitrogen functional groups attached to an aromatic ring is 2. The molecule has 0 radical (unpaired) electrons. The second-order valence-corrected chi connectivity index (χ2v) is 9.62. The molecule has 0 aliphatic carbocycles. The van der Waals surface area contributed by atoms with Crippen LogP contribution in [0.4, 0.5) is 11.4 Å². The van der Waals surface area contributed by atoms with Crippen LogP contribution in [0, 0.1) is 0 Å². The number of benzene rings is 2. The average Bonchev–Trinajstić information content (AvgIpc) is 2.27. The Morgan fingerprint density at radius 1 is 0.688 bits per heavy atom. The first-order valence-corrected chi connectivity index (χ1v) is 10.8. The van der Waals surface area contributed by atoms with Crippen LogP contribution in [0.25, 0.3) is 0 Å². The first-order chi connectivity index (χ1) is 7.74. The van der Waals surface area contributed by atoms with Crippen LogP contribution in [0.3, 0.4) is 0 Å². The molecule has 0 heterocycles. The second-order valence-electron chi connectivity index (χ2n) is 3.31. The monoisotopic (exact) mass is 344 g/mol. The molecule has 16 heavy (non-hydrogen) atoms. The Labute approximate surface area is 106 Å². The zero-order valence-corrected chi connectivity index (χ0v) is 12.0. The number of hydrogen-bond donors (Lipinski definition) is 2. The molecule has 0 aliphatic heterocycles. The summed E-state index contributed by atoms with van der Waals surface area (Å²) in [6.45, 7) is 0. The molecule has 0 amide bonds. The zero-order valence-electron chi connectivity index (χ0n) is 8.59. The fraction of sp³-hybridized carbons (Fsp3) is 0. The fourth-order valence-electron chi connectivity index (χ4n) is 1.23. The summed E-state index contributed by atoms with van der Waals surface area (Å²) in [7, 11) is 0. The molecule has 2 aromatic carbocycles. The molecule has 0 aliphatic rings. The van der Waals surface area contributed by atoms with Crippen LogP contribution in [0.1, 0.15) is 0 Å². The van der Waals surface area contributed by atoms with Gasteiger partial charge in [-0.3, -0.25) is 0 Å². The van der Waals surface area contributed by atoms with E-state index in [1.165, 1.54) is 8.92 Å². The van der Waals surface area contributed by atoms with E-state index < -0.39 is 0 Å². The van der Waals surface area contributed by atoms with Crippen LogP contribution < -0.4 is 20.4 Å². The molecular formula is C12H12N2Se2. The molecule has 0 unspecified atom stereocenters. The standard InChI is InChI=1S/C12H12N2Se2/c13-9-3-1-5-11(7-9)15-16-12-6-2-4-10(14)8-12/h1-8H,13-14H2. The van der Waals surface area contributed by atoms with E-state index in [9.17, 15) is 0 Å². The van der Waals surface area contributed by atoms with Crippen molar-refractivity contribution in [1.82, 2.24) is 0 Å². The Hall–Kier alpha value is -0.921. The van der Waals surface area contributed by atoms with Crippen molar-refractivity contribution >= 4 is 46.6 Å². The molecule has 0 atom stereocenters. The Morgan fingerprint density at radius 2 is 1.12 bits per heavy atom. The van der Waals surface area contributed by atoms with E-state index in [-0.39, 0.29) is 0 Å². The van der Waals surface area contributed by atoms with E-state index in [2.05, 4.69) is 24.3 Å². The van der Waals surface area contributed by atoms with Gasteiger partial charge in [-0.15, -0.1) is 0 Å².